The maximum absolute atomic E-state index is 9.67. The van der Waals surface area contributed by atoms with Crippen LogP contribution in [0.4, 0.5) is 0 Å². The van der Waals surface area contributed by atoms with Crippen LogP contribution in [0.15, 0.2) is 18.2 Å². The van der Waals surface area contributed by atoms with Crippen LogP contribution in [0.1, 0.15) is 44.1 Å². The summed E-state index contributed by atoms with van der Waals surface area (Å²) in [5.41, 5.74) is 1.20. The summed E-state index contributed by atoms with van der Waals surface area (Å²) >= 11 is 0. The molecule has 3 atom stereocenters. The maximum atomic E-state index is 9.67. The van der Waals surface area contributed by atoms with Crippen LogP contribution in [0.5, 0.6) is 11.5 Å². The summed E-state index contributed by atoms with van der Waals surface area (Å²) in [6.45, 7) is 2.09. The highest BCUT2D eigenvalue weighted by atomic mass is 35.5. The van der Waals surface area contributed by atoms with E-state index in [9.17, 15) is 5.11 Å². The van der Waals surface area contributed by atoms with E-state index in [0.717, 1.165) is 37.3 Å². The topological polar surface area (TPSA) is 51.2 Å². The molecule has 1 aromatic carbocycles. The third-order valence-corrected chi connectivity index (χ3v) is 5.90. The van der Waals surface area contributed by atoms with Gasteiger partial charge in [-0.1, -0.05) is 18.9 Å². The molecule has 5 nitrogen and oxygen atoms in total. The van der Waals surface area contributed by atoms with Crippen LogP contribution in [0, 0.1) is 0 Å². The van der Waals surface area contributed by atoms with Gasteiger partial charge < -0.3 is 19.3 Å². The molecule has 1 aliphatic carbocycles. The average molecular weight is 400 g/mol. The van der Waals surface area contributed by atoms with E-state index in [1.807, 2.05) is 12.1 Å². The van der Waals surface area contributed by atoms with Gasteiger partial charge in [0.2, 0.25) is 0 Å². The van der Waals surface area contributed by atoms with E-state index in [4.69, 9.17) is 14.2 Å². The first-order valence-corrected chi connectivity index (χ1v) is 9.96. The van der Waals surface area contributed by atoms with Gasteiger partial charge in [0.25, 0.3) is 0 Å². The van der Waals surface area contributed by atoms with Crippen molar-refractivity contribution >= 4 is 12.4 Å². The lowest BCUT2D eigenvalue weighted by Gasteiger charge is -2.40. The zero-order chi connectivity index (χ0) is 18.4. The maximum Gasteiger partial charge on any atom is 0.160 e. The summed E-state index contributed by atoms with van der Waals surface area (Å²) in [6.07, 6.45) is 8.31. The highest BCUT2D eigenvalue weighted by Gasteiger charge is 2.36. The van der Waals surface area contributed by atoms with Crippen molar-refractivity contribution < 1.29 is 19.3 Å². The summed E-state index contributed by atoms with van der Waals surface area (Å²) < 4.78 is 17.0. The third-order valence-electron chi connectivity index (χ3n) is 5.90. The van der Waals surface area contributed by atoms with Crippen molar-refractivity contribution in [2.24, 2.45) is 0 Å². The molecule has 0 spiro atoms. The second-order valence-corrected chi connectivity index (χ2v) is 7.42. The fourth-order valence-electron chi connectivity index (χ4n) is 4.51. The number of hydrogen-bond acceptors (Lipinski definition) is 5. The van der Waals surface area contributed by atoms with E-state index < -0.39 is 0 Å². The number of rotatable bonds is 8. The molecule has 154 valence electrons. The molecule has 1 heterocycles. The summed E-state index contributed by atoms with van der Waals surface area (Å²) in [7, 11) is 3.32. The van der Waals surface area contributed by atoms with Crippen molar-refractivity contribution in [1.29, 1.82) is 0 Å². The van der Waals surface area contributed by atoms with Gasteiger partial charge in [0.15, 0.2) is 11.5 Å². The Morgan fingerprint density at radius 1 is 1.04 bits per heavy atom. The second kappa shape index (κ2) is 11.1. The molecule has 1 unspecified atom stereocenters. The minimum atomic E-state index is 0. The SMILES string of the molecule is COc1ccc(CCO[C@H]2CCCCC2N2CCC[C@@H]2CO)cc1OC.Cl. The van der Waals surface area contributed by atoms with Crippen LogP contribution in [-0.4, -0.2) is 62.2 Å². The van der Waals surface area contributed by atoms with Crippen molar-refractivity contribution in [2.75, 3.05) is 34.0 Å². The van der Waals surface area contributed by atoms with Crippen molar-refractivity contribution in [3.05, 3.63) is 23.8 Å². The number of hydrogen-bond donors (Lipinski definition) is 1. The smallest absolute Gasteiger partial charge is 0.160 e. The molecule has 2 fully saturated rings. The standard InChI is InChI=1S/C21H33NO4.ClH/c1-24-20-10-9-16(14-21(20)25-2)11-13-26-19-8-4-3-7-18(19)22-12-5-6-17(22)15-23;/h9-10,14,17-19,23H,3-8,11-13,15H2,1-2H3;1H/t17-,18?,19+;/m1./s1. The summed E-state index contributed by atoms with van der Waals surface area (Å²) in [4.78, 5) is 2.51. The van der Waals surface area contributed by atoms with Crippen LogP contribution in [0.25, 0.3) is 0 Å². The van der Waals surface area contributed by atoms with Crippen LogP contribution in [0.3, 0.4) is 0 Å². The van der Waals surface area contributed by atoms with E-state index in [-0.39, 0.29) is 25.1 Å². The second-order valence-electron chi connectivity index (χ2n) is 7.42. The van der Waals surface area contributed by atoms with Gasteiger partial charge in [-0.3, -0.25) is 4.90 Å². The molecule has 1 aliphatic heterocycles. The number of nitrogens with zero attached hydrogens (tertiary/aromatic N) is 1. The Hall–Kier alpha value is -1.01. The number of aliphatic hydroxyl groups is 1. The molecule has 6 heteroatoms. The molecule has 3 rings (SSSR count). The van der Waals surface area contributed by atoms with Crippen molar-refractivity contribution in [3.8, 4) is 11.5 Å². The van der Waals surface area contributed by atoms with Crippen LogP contribution in [0.2, 0.25) is 0 Å². The van der Waals surface area contributed by atoms with Crippen LogP contribution in [-0.2, 0) is 11.2 Å². The number of likely N-dealkylation sites (tertiary alicyclic amines) is 1. The summed E-state index contributed by atoms with van der Waals surface area (Å²) in [6, 6.07) is 6.85. The molecular weight excluding hydrogens is 366 g/mol. The van der Waals surface area contributed by atoms with Gasteiger partial charge in [0, 0.05) is 12.1 Å². The number of aliphatic hydroxyl groups excluding tert-OH is 1. The molecule has 1 aromatic rings. The largest absolute Gasteiger partial charge is 0.493 e. The first kappa shape index (κ1) is 22.3. The summed E-state index contributed by atoms with van der Waals surface area (Å²) in [5.74, 6) is 1.52. The van der Waals surface area contributed by atoms with Gasteiger partial charge in [-0.2, -0.15) is 0 Å². The highest BCUT2D eigenvalue weighted by Crippen LogP contribution is 2.31. The molecule has 0 aromatic heterocycles. The average Bonchev–Trinajstić information content (AvgIpc) is 3.16. The van der Waals surface area contributed by atoms with Gasteiger partial charge >= 0.3 is 0 Å². The van der Waals surface area contributed by atoms with E-state index in [1.54, 1.807) is 14.2 Å². The lowest BCUT2D eigenvalue weighted by Crippen LogP contribution is -2.49. The van der Waals surface area contributed by atoms with E-state index in [0.29, 0.717) is 18.7 Å². The number of halogens is 1. The molecule has 2 aliphatic rings. The van der Waals surface area contributed by atoms with Gasteiger partial charge in [-0.15, -0.1) is 12.4 Å². The first-order chi connectivity index (χ1) is 12.8. The lowest BCUT2D eigenvalue weighted by molar-refractivity contribution is -0.0442. The number of benzene rings is 1. The normalized spacial score (nSPS) is 25.8. The Labute approximate surface area is 169 Å². The zero-order valence-electron chi connectivity index (χ0n) is 16.6. The van der Waals surface area contributed by atoms with E-state index in [1.165, 1.54) is 31.2 Å². The molecule has 1 N–H and O–H groups in total. The number of ether oxygens (including phenoxy) is 3. The highest BCUT2D eigenvalue weighted by molar-refractivity contribution is 5.85. The Morgan fingerprint density at radius 3 is 2.56 bits per heavy atom. The van der Waals surface area contributed by atoms with Gasteiger partial charge in [0.1, 0.15) is 0 Å². The molecule has 0 bridgehead atoms. The molecule has 1 saturated heterocycles. The predicted molar refractivity (Wildman–Crippen MR) is 109 cm³/mol. The first-order valence-electron chi connectivity index (χ1n) is 9.96. The Morgan fingerprint density at radius 2 is 1.81 bits per heavy atom. The minimum Gasteiger partial charge on any atom is -0.493 e. The van der Waals surface area contributed by atoms with Crippen molar-refractivity contribution in [1.82, 2.24) is 4.90 Å². The number of methoxy groups -OCH3 is 2. The van der Waals surface area contributed by atoms with Crippen LogP contribution >= 0.6 is 12.4 Å². The van der Waals surface area contributed by atoms with Crippen molar-refractivity contribution in [3.63, 3.8) is 0 Å². The quantitative estimate of drug-likeness (QED) is 0.725. The van der Waals surface area contributed by atoms with Gasteiger partial charge in [0.05, 0.1) is 33.5 Å². The molecule has 1 saturated carbocycles. The van der Waals surface area contributed by atoms with Gasteiger partial charge in [-0.05, 0) is 56.3 Å². The fraction of sp³-hybridized carbons (Fsp3) is 0.714. The van der Waals surface area contributed by atoms with Gasteiger partial charge in [-0.25, -0.2) is 0 Å². The Bertz CT molecular complexity index is 571. The fourth-order valence-corrected chi connectivity index (χ4v) is 4.51. The van der Waals surface area contributed by atoms with E-state index >= 15 is 0 Å². The monoisotopic (exact) mass is 399 g/mol. The molecular formula is C21H34ClNO4. The van der Waals surface area contributed by atoms with Crippen LogP contribution < -0.4 is 9.47 Å². The predicted octanol–water partition coefficient (Wildman–Crippen LogP) is 3.45. The van der Waals surface area contributed by atoms with Crippen molar-refractivity contribution in [2.45, 2.75) is 63.1 Å². The lowest BCUT2D eigenvalue weighted by atomic mass is 9.90. The zero-order valence-corrected chi connectivity index (χ0v) is 17.4. The van der Waals surface area contributed by atoms with E-state index in [2.05, 4.69) is 11.0 Å². The molecule has 27 heavy (non-hydrogen) atoms. The molecule has 0 radical (unpaired) electrons. The third kappa shape index (κ3) is 5.50. The molecule has 0 amide bonds. The Kier molecular flexibility index (Phi) is 9.16. The minimum absolute atomic E-state index is 0. The Balaban J connectivity index is 0.00000261. The summed E-state index contributed by atoms with van der Waals surface area (Å²) in [5, 5.41) is 9.67.